The number of carbonyl (C=O) groups excluding carboxylic acids is 1. The van der Waals surface area contributed by atoms with Crippen LogP contribution in [0.25, 0.3) is 0 Å². The van der Waals surface area contributed by atoms with Crippen molar-refractivity contribution in [2.24, 2.45) is 0 Å². The Bertz CT molecular complexity index is 584. The maximum absolute atomic E-state index is 12.3. The Labute approximate surface area is 148 Å². The molecule has 0 saturated carbocycles. The Kier molecular flexibility index (Phi) is 8.82. The summed E-state index contributed by atoms with van der Waals surface area (Å²) in [5, 5.41) is 0. The van der Waals surface area contributed by atoms with Gasteiger partial charge in [-0.1, -0.05) is 39.7 Å². The van der Waals surface area contributed by atoms with Crippen molar-refractivity contribution in [1.82, 2.24) is 4.90 Å². The normalized spacial score (nSPS) is 12.6. The van der Waals surface area contributed by atoms with Crippen molar-refractivity contribution in [2.45, 2.75) is 26.7 Å². The van der Waals surface area contributed by atoms with Gasteiger partial charge in [0.05, 0.1) is 0 Å². The molecule has 124 valence electrons. The van der Waals surface area contributed by atoms with E-state index >= 15 is 0 Å². The van der Waals surface area contributed by atoms with Gasteiger partial charge in [-0.05, 0) is 63.6 Å². The Morgan fingerprint density at radius 1 is 1.17 bits per heavy atom. The highest BCUT2D eigenvalue weighted by molar-refractivity contribution is 9.10. The van der Waals surface area contributed by atoms with Crippen molar-refractivity contribution < 1.29 is 4.79 Å². The van der Waals surface area contributed by atoms with Gasteiger partial charge in [0.2, 0.25) is 0 Å². The number of ketones is 1. The first-order valence-electron chi connectivity index (χ1n) is 7.86. The molecule has 1 aromatic rings. The van der Waals surface area contributed by atoms with Crippen LogP contribution in [0.5, 0.6) is 0 Å². The Balaban J connectivity index is 2.49. The molecule has 0 bridgehead atoms. The maximum atomic E-state index is 12.3. The second kappa shape index (κ2) is 10.3. The van der Waals surface area contributed by atoms with Gasteiger partial charge in [0.25, 0.3) is 0 Å². The van der Waals surface area contributed by atoms with E-state index in [9.17, 15) is 4.79 Å². The summed E-state index contributed by atoms with van der Waals surface area (Å²) in [5.41, 5.74) is 2.89. The van der Waals surface area contributed by atoms with E-state index in [1.54, 1.807) is 0 Å². The van der Waals surface area contributed by atoms with Gasteiger partial charge < -0.3 is 0 Å². The van der Waals surface area contributed by atoms with E-state index in [-0.39, 0.29) is 5.78 Å². The van der Waals surface area contributed by atoms with Crippen LogP contribution in [-0.4, -0.2) is 30.8 Å². The minimum atomic E-state index is 0.102. The summed E-state index contributed by atoms with van der Waals surface area (Å²) in [5.74, 6) is 0.102. The van der Waals surface area contributed by atoms with Gasteiger partial charge in [-0.3, -0.25) is 9.69 Å². The topological polar surface area (TPSA) is 20.3 Å². The lowest BCUT2D eigenvalue weighted by molar-refractivity contribution is 0.103. The fraction of sp³-hybridized carbons (Fsp3) is 0.350. The maximum Gasteiger partial charge on any atom is 0.188 e. The molecule has 1 aromatic carbocycles. The lowest BCUT2D eigenvalue weighted by atomic mass is 10.0. The van der Waals surface area contributed by atoms with Crippen LogP contribution >= 0.6 is 15.9 Å². The van der Waals surface area contributed by atoms with E-state index in [1.165, 1.54) is 5.57 Å². The molecule has 0 spiro atoms. The van der Waals surface area contributed by atoms with Crippen LogP contribution in [0.2, 0.25) is 0 Å². The summed E-state index contributed by atoms with van der Waals surface area (Å²) < 4.78 is 0.984. The molecule has 0 fully saturated rings. The van der Waals surface area contributed by atoms with Gasteiger partial charge in [-0.15, -0.1) is 6.58 Å². The summed E-state index contributed by atoms with van der Waals surface area (Å²) >= 11 is 3.38. The molecule has 0 aromatic heterocycles. The number of carbonyl (C=O) groups is 1. The summed E-state index contributed by atoms with van der Waals surface area (Å²) in [7, 11) is 2.08. The minimum Gasteiger partial charge on any atom is -0.299 e. The second-order valence-corrected chi connectivity index (χ2v) is 6.74. The molecule has 2 nitrogen and oxygen atoms in total. The van der Waals surface area contributed by atoms with Crippen LogP contribution in [0.4, 0.5) is 0 Å². The number of halogens is 1. The van der Waals surface area contributed by atoms with Crippen LogP contribution in [0.3, 0.4) is 0 Å². The van der Waals surface area contributed by atoms with Gasteiger partial charge in [0, 0.05) is 23.1 Å². The molecule has 0 saturated heterocycles. The standard InChI is InChI=1S/C20H26BrNO/c1-5-14-22(4)15-13-16(2)7-6-8-17(3)20(23)18-9-11-19(21)12-10-18/h5,8-13H,1,6-7,14-15H2,2-4H3. The molecular weight excluding hydrogens is 350 g/mol. The van der Waals surface area contributed by atoms with E-state index in [0.29, 0.717) is 0 Å². The molecule has 0 heterocycles. The van der Waals surface area contributed by atoms with Crippen molar-refractivity contribution in [3.63, 3.8) is 0 Å². The second-order valence-electron chi connectivity index (χ2n) is 5.82. The highest BCUT2D eigenvalue weighted by Gasteiger charge is 2.07. The Morgan fingerprint density at radius 3 is 2.43 bits per heavy atom. The predicted molar refractivity (Wildman–Crippen MR) is 103 cm³/mol. The number of allylic oxidation sites excluding steroid dienone is 3. The van der Waals surface area contributed by atoms with E-state index in [1.807, 2.05) is 43.3 Å². The lowest BCUT2D eigenvalue weighted by Crippen LogP contribution is -2.18. The first-order chi connectivity index (χ1) is 10.9. The quantitative estimate of drug-likeness (QED) is 0.326. The fourth-order valence-electron chi connectivity index (χ4n) is 2.15. The monoisotopic (exact) mass is 375 g/mol. The van der Waals surface area contributed by atoms with Crippen molar-refractivity contribution in [2.75, 3.05) is 20.1 Å². The van der Waals surface area contributed by atoms with Crippen molar-refractivity contribution in [3.05, 3.63) is 70.3 Å². The minimum absolute atomic E-state index is 0.102. The highest BCUT2D eigenvalue weighted by Crippen LogP contribution is 2.15. The summed E-state index contributed by atoms with van der Waals surface area (Å²) in [6.07, 6.45) is 8.05. The van der Waals surface area contributed by atoms with E-state index in [2.05, 4.69) is 47.5 Å². The van der Waals surface area contributed by atoms with Crippen LogP contribution in [-0.2, 0) is 0 Å². The summed E-state index contributed by atoms with van der Waals surface area (Å²) in [6.45, 7) is 9.59. The zero-order valence-corrected chi connectivity index (χ0v) is 15.9. The summed E-state index contributed by atoms with van der Waals surface area (Å²) in [4.78, 5) is 14.5. The molecule has 0 radical (unpaired) electrons. The van der Waals surface area contributed by atoms with Crippen molar-refractivity contribution >= 4 is 21.7 Å². The zero-order valence-electron chi connectivity index (χ0n) is 14.3. The average molecular weight is 376 g/mol. The largest absolute Gasteiger partial charge is 0.299 e. The average Bonchev–Trinajstić information content (AvgIpc) is 2.53. The predicted octanol–water partition coefficient (Wildman–Crippen LogP) is 5.42. The third-order valence-corrected chi connectivity index (χ3v) is 4.17. The number of likely N-dealkylation sites (N-methyl/N-ethyl adjacent to an activating group) is 1. The van der Waals surface area contributed by atoms with Gasteiger partial charge in [0.15, 0.2) is 5.78 Å². The van der Waals surface area contributed by atoms with Crippen LogP contribution < -0.4 is 0 Å². The van der Waals surface area contributed by atoms with Gasteiger partial charge >= 0.3 is 0 Å². The molecule has 0 unspecified atom stereocenters. The zero-order chi connectivity index (χ0) is 17.2. The SMILES string of the molecule is C=CCN(C)CC=C(C)CCC=C(C)C(=O)c1ccc(Br)cc1. The highest BCUT2D eigenvalue weighted by atomic mass is 79.9. The number of benzene rings is 1. The summed E-state index contributed by atoms with van der Waals surface area (Å²) in [6, 6.07) is 7.50. The number of hydrogen-bond acceptors (Lipinski definition) is 2. The molecule has 23 heavy (non-hydrogen) atoms. The first kappa shape index (κ1) is 19.6. The molecule has 3 heteroatoms. The fourth-order valence-corrected chi connectivity index (χ4v) is 2.41. The molecule has 0 amide bonds. The Morgan fingerprint density at radius 2 is 1.83 bits per heavy atom. The number of hydrogen-bond donors (Lipinski definition) is 0. The molecule has 1 rings (SSSR count). The molecule has 0 atom stereocenters. The first-order valence-corrected chi connectivity index (χ1v) is 8.65. The van der Waals surface area contributed by atoms with Crippen molar-refractivity contribution in [1.29, 1.82) is 0 Å². The molecule has 0 aliphatic heterocycles. The number of rotatable bonds is 9. The van der Waals surface area contributed by atoms with Crippen LogP contribution in [0.1, 0.15) is 37.0 Å². The van der Waals surface area contributed by atoms with Gasteiger partial charge in [0.1, 0.15) is 0 Å². The molecule has 0 aliphatic carbocycles. The molecule has 0 aliphatic rings. The lowest BCUT2D eigenvalue weighted by Gasteiger charge is -2.11. The van der Waals surface area contributed by atoms with E-state index in [4.69, 9.17) is 0 Å². The van der Waals surface area contributed by atoms with Crippen molar-refractivity contribution in [3.8, 4) is 0 Å². The van der Waals surface area contributed by atoms with E-state index < -0.39 is 0 Å². The number of Topliss-reactive ketones (excluding diaryl/α,β-unsaturated/α-hetero) is 1. The van der Waals surface area contributed by atoms with Crippen LogP contribution in [0, 0.1) is 0 Å². The third-order valence-electron chi connectivity index (χ3n) is 3.65. The Hall–Kier alpha value is -1.45. The molecular formula is C20H26BrNO. The smallest absolute Gasteiger partial charge is 0.188 e. The van der Waals surface area contributed by atoms with Gasteiger partial charge in [-0.2, -0.15) is 0 Å². The molecule has 0 N–H and O–H groups in total. The van der Waals surface area contributed by atoms with E-state index in [0.717, 1.165) is 41.5 Å². The van der Waals surface area contributed by atoms with Crippen LogP contribution in [0.15, 0.2) is 64.7 Å². The number of nitrogens with zero attached hydrogens (tertiary/aromatic N) is 1. The van der Waals surface area contributed by atoms with Gasteiger partial charge in [-0.25, -0.2) is 0 Å². The third kappa shape index (κ3) is 7.58.